The molecule has 1 nitrogen and oxygen atoms in total. The molecule has 0 aliphatic rings. The second kappa shape index (κ2) is 6.69. The van der Waals surface area contributed by atoms with Gasteiger partial charge < -0.3 is 4.74 Å². The number of hydrogen-bond acceptors (Lipinski definition) is 1. The van der Waals surface area contributed by atoms with Crippen molar-refractivity contribution in [2.75, 3.05) is 13.0 Å². The lowest BCUT2D eigenvalue weighted by Crippen LogP contribution is -1.81. The Bertz CT molecular complexity index is 118. The number of rotatable bonds is 5. The Labute approximate surface area is 67.3 Å². The molecular formula is C8H13ClO. The van der Waals surface area contributed by atoms with Crippen LogP contribution in [-0.2, 0) is 4.74 Å². The van der Waals surface area contributed by atoms with Gasteiger partial charge in [-0.1, -0.05) is 6.58 Å². The molecule has 2 heteroatoms. The van der Waals surface area contributed by atoms with Crippen molar-refractivity contribution in [3.8, 4) is 0 Å². The lowest BCUT2D eigenvalue weighted by atomic mass is 10.3. The number of allylic oxidation sites excluding steroid dienone is 2. The maximum Gasteiger partial charge on any atom is 0.114 e. The maximum absolute atomic E-state index is 5.48. The summed E-state index contributed by atoms with van der Waals surface area (Å²) in [5, 5.41) is 0. The van der Waals surface area contributed by atoms with Gasteiger partial charge in [0.1, 0.15) is 5.76 Å². The van der Waals surface area contributed by atoms with Crippen LogP contribution in [0.3, 0.4) is 0 Å². The van der Waals surface area contributed by atoms with E-state index in [-0.39, 0.29) is 0 Å². The van der Waals surface area contributed by atoms with Crippen molar-refractivity contribution in [2.45, 2.75) is 12.8 Å². The normalized spacial score (nSPS) is 11.2. The first kappa shape index (κ1) is 9.57. The third-order valence-electron chi connectivity index (χ3n) is 1.12. The average Bonchev–Trinajstić information content (AvgIpc) is 1.99. The second-order valence-electron chi connectivity index (χ2n) is 1.85. The predicted octanol–water partition coefficient (Wildman–Crippen LogP) is 2.72. The van der Waals surface area contributed by atoms with Crippen LogP contribution in [0.25, 0.3) is 0 Å². The third-order valence-corrected chi connectivity index (χ3v) is 1.39. The van der Waals surface area contributed by atoms with Gasteiger partial charge in [0.25, 0.3) is 0 Å². The number of ether oxygens (including phenoxy) is 1. The largest absolute Gasteiger partial charge is 0.497 e. The summed E-state index contributed by atoms with van der Waals surface area (Å²) in [6.45, 7) is 3.58. The Morgan fingerprint density at radius 2 is 2.40 bits per heavy atom. The van der Waals surface area contributed by atoms with Crippen LogP contribution in [0.1, 0.15) is 12.8 Å². The monoisotopic (exact) mass is 160 g/mol. The summed E-state index contributed by atoms with van der Waals surface area (Å²) in [5.41, 5.74) is 0. The van der Waals surface area contributed by atoms with Crippen LogP contribution >= 0.6 is 11.6 Å². The Morgan fingerprint density at radius 3 is 2.80 bits per heavy atom. The molecule has 0 saturated carbocycles. The van der Waals surface area contributed by atoms with E-state index in [2.05, 4.69) is 6.58 Å². The number of methoxy groups -OCH3 is 1. The minimum atomic E-state index is 0.699. The summed E-state index contributed by atoms with van der Waals surface area (Å²) < 4.78 is 4.95. The highest BCUT2D eigenvalue weighted by molar-refractivity contribution is 6.17. The van der Waals surface area contributed by atoms with Gasteiger partial charge in [0.15, 0.2) is 0 Å². The van der Waals surface area contributed by atoms with Crippen LogP contribution in [0.15, 0.2) is 24.5 Å². The van der Waals surface area contributed by atoms with Crippen LogP contribution in [-0.4, -0.2) is 13.0 Å². The Kier molecular flexibility index (Phi) is 6.40. The molecule has 0 aromatic carbocycles. The fraction of sp³-hybridized carbons (Fsp3) is 0.500. The molecule has 0 saturated heterocycles. The fourth-order valence-electron chi connectivity index (χ4n) is 0.571. The molecule has 0 aliphatic heterocycles. The number of alkyl halides is 1. The van der Waals surface area contributed by atoms with Gasteiger partial charge in [-0.3, -0.25) is 0 Å². The van der Waals surface area contributed by atoms with Crippen molar-refractivity contribution in [3.63, 3.8) is 0 Å². The molecule has 0 aliphatic carbocycles. The molecular weight excluding hydrogens is 148 g/mol. The van der Waals surface area contributed by atoms with Crippen molar-refractivity contribution in [2.24, 2.45) is 0 Å². The zero-order chi connectivity index (χ0) is 7.82. The van der Waals surface area contributed by atoms with Crippen LogP contribution in [0.5, 0.6) is 0 Å². The third kappa shape index (κ3) is 4.45. The lowest BCUT2D eigenvalue weighted by molar-refractivity contribution is 0.305. The van der Waals surface area contributed by atoms with Crippen LogP contribution in [0, 0.1) is 0 Å². The predicted molar refractivity (Wildman–Crippen MR) is 45.2 cm³/mol. The summed E-state index contributed by atoms with van der Waals surface area (Å²) >= 11 is 5.48. The van der Waals surface area contributed by atoms with E-state index in [0.29, 0.717) is 5.88 Å². The molecule has 0 spiro atoms. The van der Waals surface area contributed by atoms with Gasteiger partial charge in [-0.25, -0.2) is 0 Å². The zero-order valence-electron chi connectivity index (χ0n) is 6.27. The van der Waals surface area contributed by atoms with Gasteiger partial charge in [0.05, 0.1) is 7.11 Å². The molecule has 10 heavy (non-hydrogen) atoms. The van der Waals surface area contributed by atoms with Gasteiger partial charge in [0, 0.05) is 5.88 Å². The highest BCUT2D eigenvalue weighted by Gasteiger charge is 1.86. The van der Waals surface area contributed by atoms with E-state index in [1.807, 2.05) is 6.08 Å². The summed E-state index contributed by atoms with van der Waals surface area (Å²) in [6.07, 6.45) is 5.62. The molecule has 0 rings (SSSR count). The molecule has 58 valence electrons. The van der Waals surface area contributed by atoms with Crippen molar-refractivity contribution >= 4 is 11.6 Å². The molecule has 0 unspecified atom stereocenters. The number of halogens is 1. The lowest BCUT2D eigenvalue weighted by Gasteiger charge is -1.97. The molecule has 0 atom stereocenters. The van der Waals surface area contributed by atoms with Crippen molar-refractivity contribution in [1.29, 1.82) is 0 Å². The quantitative estimate of drug-likeness (QED) is 0.260. The molecule has 0 heterocycles. The molecule has 0 fully saturated rings. The zero-order valence-corrected chi connectivity index (χ0v) is 7.03. The number of unbranched alkanes of at least 4 members (excludes halogenated alkanes) is 1. The fourth-order valence-corrected chi connectivity index (χ4v) is 0.726. The van der Waals surface area contributed by atoms with Gasteiger partial charge in [-0.05, 0) is 25.0 Å². The minimum Gasteiger partial charge on any atom is -0.497 e. The second-order valence-corrected chi connectivity index (χ2v) is 2.22. The van der Waals surface area contributed by atoms with Gasteiger partial charge in [-0.2, -0.15) is 0 Å². The van der Waals surface area contributed by atoms with Gasteiger partial charge >= 0.3 is 0 Å². The standard InChI is InChI=1S/C8H13ClO/c1-3-8(10-2)6-4-5-7-9/h3,6H,1,4-5,7H2,2H3/b8-6+. The molecule has 0 bridgehead atoms. The van der Waals surface area contributed by atoms with Crippen LogP contribution in [0.4, 0.5) is 0 Å². The number of hydrogen-bond donors (Lipinski definition) is 0. The van der Waals surface area contributed by atoms with E-state index in [9.17, 15) is 0 Å². The SMILES string of the molecule is C=C/C(=C\CCCCl)OC. The summed E-state index contributed by atoms with van der Waals surface area (Å²) in [4.78, 5) is 0. The van der Waals surface area contributed by atoms with E-state index in [1.165, 1.54) is 0 Å². The minimum absolute atomic E-state index is 0.699. The first-order chi connectivity index (χ1) is 4.85. The smallest absolute Gasteiger partial charge is 0.114 e. The van der Waals surface area contributed by atoms with Crippen LogP contribution in [0.2, 0.25) is 0 Å². The highest BCUT2D eigenvalue weighted by Crippen LogP contribution is 2.01. The molecule has 0 aromatic heterocycles. The Balaban J connectivity index is 3.53. The van der Waals surface area contributed by atoms with Gasteiger partial charge in [0.2, 0.25) is 0 Å². The van der Waals surface area contributed by atoms with E-state index >= 15 is 0 Å². The van der Waals surface area contributed by atoms with Crippen molar-refractivity contribution in [1.82, 2.24) is 0 Å². The Morgan fingerprint density at radius 1 is 1.70 bits per heavy atom. The molecule has 0 radical (unpaired) electrons. The average molecular weight is 161 g/mol. The van der Waals surface area contributed by atoms with E-state index in [4.69, 9.17) is 16.3 Å². The molecule has 0 amide bonds. The van der Waals surface area contributed by atoms with Crippen molar-refractivity contribution in [3.05, 3.63) is 24.5 Å². The van der Waals surface area contributed by atoms with E-state index in [0.717, 1.165) is 18.6 Å². The van der Waals surface area contributed by atoms with E-state index < -0.39 is 0 Å². The topological polar surface area (TPSA) is 9.23 Å². The summed E-state index contributed by atoms with van der Waals surface area (Å²) in [7, 11) is 1.63. The highest BCUT2D eigenvalue weighted by atomic mass is 35.5. The first-order valence-corrected chi connectivity index (χ1v) is 3.81. The summed E-state index contributed by atoms with van der Waals surface area (Å²) in [5.74, 6) is 1.52. The Hall–Kier alpha value is -0.430. The van der Waals surface area contributed by atoms with Gasteiger partial charge in [-0.15, -0.1) is 11.6 Å². The molecule has 0 N–H and O–H groups in total. The van der Waals surface area contributed by atoms with Crippen LogP contribution < -0.4 is 0 Å². The maximum atomic E-state index is 5.48. The van der Waals surface area contributed by atoms with E-state index in [1.54, 1.807) is 13.2 Å². The molecule has 0 aromatic rings. The summed E-state index contributed by atoms with van der Waals surface area (Å²) in [6, 6.07) is 0. The first-order valence-electron chi connectivity index (χ1n) is 3.27. The van der Waals surface area contributed by atoms with Crippen molar-refractivity contribution < 1.29 is 4.74 Å².